The van der Waals surface area contributed by atoms with Gasteiger partial charge in [0.2, 0.25) is 5.78 Å². The number of carbonyl (C=O) groups excluding carboxylic acids is 1. The maximum absolute atomic E-state index is 12.4. The van der Waals surface area contributed by atoms with Crippen molar-refractivity contribution >= 4 is 43.3 Å². The fraction of sp³-hybridized carbons (Fsp3) is 0.167. The zero-order valence-electron chi connectivity index (χ0n) is 9.65. The van der Waals surface area contributed by atoms with Gasteiger partial charge in [-0.1, -0.05) is 0 Å². The molecule has 0 amide bonds. The maximum atomic E-state index is 12.4. The Balaban J connectivity index is 2.47. The third kappa shape index (κ3) is 2.35. The van der Waals surface area contributed by atoms with Crippen LogP contribution in [0.25, 0.3) is 0 Å². The van der Waals surface area contributed by atoms with Gasteiger partial charge in [-0.15, -0.1) is 0 Å². The lowest BCUT2D eigenvalue weighted by Crippen LogP contribution is -2.11. The molecular weight excluding hydrogens is 362 g/mol. The summed E-state index contributed by atoms with van der Waals surface area (Å²) in [7, 11) is 0. The summed E-state index contributed by atoms with van der Waals surface area (Å²) in [6.45, 7) is 2.58. The van der Waals surface area contributed by atoms with E-state index < -0.39 is 0 Å². The van der Waals surface area contributed by atoms with Crippen molar-refractivity contribution in [2.75, 3.05) is 5.73 Å². The fourth-order valence-electron chi connectivity index (χ4n) is 1.63. The number of aryl methyl sites for hydroxylation is 1. The first-order valence-corrected chi connectivity index (χ1v) is 6.94. The zero-order valence-corrected chi connectivity index (χ0v) is 12.8. The van der Waals surface area contributed by atoms with E-state index in [1.54, 1.807) is 29.1 Å². The number of rotatable bonds is 3. The minimum absolute atomic E-state index is 0.0816. The Labute approximate surface area is 121 Å². The lowest BCUT2D eigenvalue weighted by molar-refractivity contribution is 0.102. The predicted octanol–water partition coefficient (Wildman–Crippen LogP) is 3.24. The second-order valence-corrected chi connectivity index (χ2v) is 5.43. The van der Waals surface area contributed by atoms with Crippen molar-refractivity contribution in [1.29, 1.82) is 0 Å². The van der Waals surface area contributed by atoms with E-state index in [2.05, 4.69) is 37.0 Å². The van der Waals surface area contributed by atoms with Crippen LogP contribution in [0.1, 0.15) is 23.0 Å². The van der Waals surface area contributed by atoms with E-state index in [4.69, 9.17) is 5.73 Å². The standard InChI is InChI=1S/C12H11Br2N3O/c1-2-17-11(9(14)6-16-17)12(18)7-3-4-10(15)8(13)5-7/h3-6H,2,15H2,1H3. The van der Waals surface area contributed by atoms with E-state index in [1.807, 2.05) is 6.92 Å². The number of ketones is 1. The van der Waals surface area contributed by atoms with Crippen molar-refractivity contribution in [2.24, 2.45) is 0 Å². The molecule has 0 atom stereocenters. The number of nitrogens with zero attached hydrogens (tertiary/aromatic N) is 2. The number of carbonyl (C=O) groups is 1. The minimum Gasteiger partial charge on any atom is -0.398 e. The van der Waals surface area contributed by atoms with Crippen LogP contribution in [0.3, 0.4) is 0 Å². The molecule has 18 heavy (non-hydrogen) atoms. The monoisotopic (exact) mass is 371 g/mol. The molecule has 0 aliphatic heterocycles. The highest BCUT2D eigenvalue weighted by atomic mass is 79.9. The first-order chi connectivity index (χ1) is 8.54. The third-order valence-electron chi connectivity index (χ3n) is 2.57. The second kappa shape index (κ2) is 5.24. The highest BCUT2D eigenvalue weighted by Gasteiger charge is 2.18. The number of nitrogen functional groups attached to an aromatic ring is 1. The van der Waals surface area contributed by atoms with Gasteiger partial charge in [0.05, 0.1) is 10.7 Å². The number of nitrogens with two attached hydrogens (primary N) is 1. The number of aromatic nitrogens is 2. The molecule has 0 unspecified atom stereocenters. The molecule has 0 aliphatic rings. The van der Waals surface area contributed by atoms with Gasteiger partial charge in [0.25, 0.3) is 0 Å². The van der Waals surface area contributed by atoms with Gasteiger partial charge >= 0.3 is 0 Å². The first kappa shape index (κ1) is 13.3. The van der Waals surface area contributed by atoms with Crippen LogP contribution in [0.15, 0.2) is 33.3 Å². The minimum atomic E-state index is -0.0816. The Morgan fingerprint density at radius 2 is 2.11 bits per heavy atom. The Hall–Kier alpha value is -1.14. The van der Waals surface area contributed by atoms with Gasteiger partial charge < -0.3 is 5.73 Å². The fourth-order valence-corrected chi connectivity index (χ4v) is 2.49. The highest BCUT2D eigenvalue weighted by Crippen LogP contribution is 2.24. The van der Waals surface area contributed by atoms with Crippen LogP contribution in [-0.4, -0.2) is 15.6 Å². The lowest BCUT2D eigenvalue weighted by Gasteiger charge is -2.06. The third-order valence-corrected chi connectivity index (χ3v) is 3.84. The quantitative estimate of drug-likeness (QED) is 0.664. The van der Waals surface area contributed by atoms with Crippen molar-refractivity contribution in [1.82, 2.24) is 9.78 Å². The zero-order chi connectivity index (χ0) is 13.3. The van der Waals surface area contributed by atoms with Crippen molar-refractivity contribution in [2.45, 2.75) is 13.5 Å². The molecule has 0 saturated carbocycles. The van der Waals surface area contributed by atoms with Crippen molar-refractivity contribution in [3.05, 3.63) is 44.6 Å². The average molecular weight is 373 g/mol. The number of hydrogen-bond donors (Lipinski definition) is 1. The molecule has 4 nitrogen and oxygen atoms in total. The molecule has 1 aromatic heterocycles. The van der Waals surface area contributed by atoms with Gasteiger partial charge in [-0.3, -0.25) is 9.48 Å². The molecule has 0 radical (unpaired) electrons. The summed E-state index contributed by atoms with van der Waals surface area (Å²) in [6, 6.07) is 5.14. The molecule has 94 valence electrons. The summed E-state index contributed by atoms with van der Waals surface area (Å²) in [5.74, 6) is -0.0816. The SMILES string of the molecule is CCn1ncc(Br)c1C(=O)c1ccc(N)c(Br)c1. The van der Waals surface area contributed by atoms with E-state index in [0.717, 1.165) is 0 Å². The summed E-state index contributed by atoms with van der Waals surface area (Å²) in [5, 5.41) is 4.13. The van der Waals surface area contributed by atoms with E-state index in [1.165, 1.54) is 0 Å². The number of halogens is 2. The maximum Gasteiger partial charge on any atom is 0.212 e. The van der Waals surface area contributed by atoms with Crippen LogP contribution in [0.4, 0.5) is 5.69 Å². The van der Waals surface area contributed by atoms with Crippen LogP contribution >= 0.6 is 31.9 Å². The van der Waals surface area contributed by atoms with Crippen molar-refractivity contribution < 1.29 is 4.79 Å². The van der Waals surface area contributed by atoms with Crippen molar-refractivity contribution in [3.63, 3.8) is 0 Å². The number of hydrogen-bond acceptors (Lipinski definition) is 3. The number of anilines is 1. The van der Waals surface area contributed by atoms with Gasteiger partial charge in [-0.05, 0) is 57.0 Å². The average Bonchev–Trinajstić information content (AvgIpc) is 2.73. The van der Waals surface area contributed by atoms with E-state index in [0.29, 0.717) is 32.4 Å². The largest absolute Gasteiger partial charge is 0.398 e. The molecular formula is C12H11Br2N3O. The molecule has 2 rings (SSSR count). The van der Waals surface area contributed by atoms with Crippen LogP contribution < -0.4 is 5.73 Å². The van der Waals surface area contributed by atoms with Crippen LogP contribution in [0, 0.1) is 0 Å². The van der Waals surface area contributed by atoms with Gasteiger partial charge in [0.1, 0.15) is 5.69 Å². The molecule has 6 heteroatoms. The molecule has 1 heterocycles. The van der Waals surface area contributed by atoms with E-state index >= 15 is 0 Å². The van der Waals surface area contributed by atoms with Crippen LogP contribution in [0.5, 0.6) is 0 Å². The molecule has 0 spiro atoms. The molecule has 0 saturated heterocycles. The van der Waals surface area contributed by atoms with Gasteiger partial charge in [0.15, 0.2) is 0 Å². The summed E-state index contributed by atoms with van der Waals surface area (Å²) in [6.07, 6.45) is 1.63. The molecule has 1 aromatic carbocycles. The smallest absolute Gasteiger partial charge is 0.212 e. The first-order valence-electron chi connectivity index (χ1n) is 5.35. The Morgan fingerprint density at radius 3 is 2.72 bits per heavy atom. The Morgan fingerprint density at radius 1 is 1.39 bits per heavy atom. The van der Waals surface area contributed by atoms with Gasteiger partial charge in [-0.25, -0.2) is 0 Å². The molecule has 0 aliphatic carbocycles. The summed E-state index contributed by atoms with van der Waals surface area (Å²) >= 11 is 6.67. The molecule has 2 aromatic rings. The molecule has 0 fully saturated rings. The topological polar surface area (TPSA) is 60.9 Å². The highest BCUT2D eigenvalue weighted by molar-refractivity contribution is 9.11. The number of benzene rings is 1. The molecule has 0 bridgehead atoms. The summed E-state index contributed by atoms with van der Waals surface area (Å²) in [5.41, 5.74) is 7.44. The normalized spacial score (nSPS) is 10.6. The summed E-state index contributed by atoms with van der Waals surface area (Å²) < 4.78 is 3.07. The Bertz CT molecular complexity index is 607. The summed E-state index contributed by atoms with van der Waals surface area (Å²) in [4.78, 5) is 12.4. The van der Waals surface area contributed by atoms with Crippen molar-refractivity contribution in [3.8, 4) is 0 Å². The van der Waals surface area contributed by atoms with Gasteiger partial charge in [-0.2, -0.15) is 5.10 Å². The van der Waals surface area contributed by atoms with Gasteiger partial charge in [0, 0.05) is 22.3 Å². The van der Waals surface area contributed by atoms with Crippen LogP contribution in [-0.2, 0) is 6.54 Å². The predicted molar refractivity (Wildman–Crippen MR) is 77.6 cm³/mol. The van der Waals surface area contributed by atoms with E-state index in [9.17, 15) is 4.79 Å². The van der Waals surface area contributed by atoms with E-state index in [-0.39, 0.29) is 5.78 Å². The lowest BCUT2D eigenvalue weighted by atomic mass is 10.1. The second-order valence-electron chi connectivity index (χ2n) is 3.72. The molecule has 2 N–H and O–H groups in total. The van der Waals surface area contributed by atoms with Crippen LogP contribution in [0.2, 0.25) is 0 Å². The Kier molecular flexibility index (Phi) is 3.87.